The molecule has 1 aliphatic heterocycles. The standard InChI is InChI=1S/C17H30N4/c1-2-5-16(6-3-1)13-17-14-20-11-9-18-7-4-8-19-10-12-21-15-17/h1-3,5-6,17-21H,4,7-15H2. The van der Waals surface area contributed by atoms with Gasteiger partial charge in [0.2, 0.25) is 0 Å². The van der Waals surface area contributed by atoms with Crippen LogP contribution in [0.4, 0.5) is 0 Å². The Kier molecular flexibility index (Phi) is 8.40. The van der Waals surface area contributed by atoms with E-state index in [0.29, 0.717) is 5.92 Å². The third kappa shape index (κ3) is 7.58. The number of hydrogen-bond acceptors (Lipinski definition) is 4. The third-order valence-electron chi connectivity index (χ3n) is 3.90. The molecule has 4 N–H and O–H groups in total. The molecule has 0 amide bonds. The summed E-state index contributed by atoms with van der Waals surface area (Å²) >= 11 is 0. The maximum atomic E-state index is 3.59. The third-order valence-corrected chi connectivity index (χ3v) is 3.90. The molecule has 4 heteroatoms. The van der Waals surface area contributed by atoms with Crippen molar-refractivity contribution in [1.29, 1.82) is 0 Å². The molecule has 0 radical (unpaired) electrons. The Morgan fingerprint density at radius 3 is 1.90 bits per heavy atom. The normalized spacial score (nSPS) is 20.8. The van der Waals surface area contributed by atoms with Crippen molar-refractivity contribution in [2.75, 3.05) is 52.4 Å². The molecule has 1 fully saturated rings. The van der Waals surface area contributed by atoms with E-state index in [2.05, 4.69) is 51.6 Å². The Hall–Kier alpha value is -0.940. The molecule has 1 aliphatic rings. The van der Waals surface area contributed by atoms with Crippen molar-refractivity contribution in [2.24, 2.45) is 5.92 Å². The van der Waals surface area contributed by atoms with Gasteiger partial charge in [-0.25, -0.2) is 0 Å². The van der Waals surface area contributed by atoms with Gasteiger partial charge in [0.1, 0.15) is 0 Å². The lowest BCUT2D eigenvalue weighted by Gasteiger charge is -2.19. The maximum absolute atomic E-state index is 3.59. The van der Waals surface area contributed by atoms with Crippen LogP contribution in [0.5, 0.6) is 0 Å². The van der Waals surface area contributed by atoms with Crippen molar-refractivity contribution in [3.8, 4) is 0 Å². The first-order valence-corrected chi connectivity index (χ1v) is 8.32. The fourth-order valence-corrected chi connectivity index (χ4v) is 2.72. The molecular weight excluding hydrogens is 260 g/mol. The van der Waals surface area contributed by atoms with Crippen molar-refractivity contribution >= 4 is 0 Å². The van der Waals surface area contributed by atoms with Crippen molar-refractivity contribution in [2.45, 2.75) is 12.8 Å². The fourth-order valence-electron chi connectivity index (χ4n) is 2.72. The van der Waals surface area contributed by atoms with Gasteiger partial charge in [0.25, 0.3) is 0 Å². The average Bonchev–Trinajstić information content (AvgIpc) is 2.52. The Morgan fingerprint density at radius 1 is 0.714 bits per heavy atom. The minimum absolute atomic E-state index is 0.648. The van der Waals surface area contributed by atoms with Crippen molar-refractivity contribution in [3.05, 3.63) is 35.9 Å². The Bertz CT molecular complexity index is 341. The molecule has 2 rings (SSSR count). The molecule has 1 aromatic carbocycles. The lowest BCUT2D eigenvalue weighted by atomic mass is 9.99. The molecule has 0 aromatic heterocycles. The lowest BCUT2D eigenvalue weighted by Crippen LogP contribution is -2.39. The second-order valence-electron chi connectivity index (χ2n) is 5.82. The Labute approximate surface area is 129 Å². The summed E-state index contributed by atoms with van der Waals surface area (Å²) in [6.07, 6.45) is 2.35. The summed E-state index contributed by atoms with van der Waals surface area (Å²) in [5.74, 6) is 0.648. The van der Waals surface area contributed by atoms with E-state index in [1.54, 1.807) is 0 Å². The van der Waals surface area contributed by atoms with Crippen LogP contribution in [-0.4, -0.2) is 52.4 Å². The largest absolute Gasteiger partial charge is 0.315 e. The summed E-state index contributed by atoms with van der Waals surface area (Å²) in [7, 11) is 0. The van der Waals surface area contributed by atoms with Crippen LogP contribution in [0, 0.1) is 5.92 Å². The minimum atomic E-state index is 0.648. The first-order chi connectivity index (χ1) is 10.4. The highest BCUT2D eigenvalue weighted by Gasteiger charge is 2.09. The SMILES string of the molecule is c1ccc(CC2CNCCNCCCNCCNC2)cc1. The van der Waals surface area contributed by atoms with E-state index in [4.69, 9.17) is 0 Å². The first kappa shape index (κ1) is 16.4. The molecule has 118 valence electrons. The van der Waals surface area contributed by atoms with E-state index in [0.717, 1.165) is 58.8 Å². The van der Waals surface area contributed by atoms with E-state index >= 15 is 0 Å². The molecule has 21 heavy (non-hydrogen) atoms. The predicted octanol–water partition coefficient (Wildman–Crippen LogP) is 0.607. The quantitative estimate of drug-likeness (QED) is 0.644. The fraction of sp³-hybridized carbons (Fsp3) is 0.647. The van der Waals surface area contributed by atoms with Crippen LogP contribution >= 0.6 is 0 Å². The van der Waals surface area contributed by atoms with Crippen LogP contribution in [-0.2, 0) is 6.42 Å². The zero-order valence-corrected chi connectivity index (χ0v) is 13.0. The van der Waals surface area contributed by atoms with E-state index in [1.165, 1.54) is 12.0 Å². The van der Waals surface area contributed by atoms with Crippen molar-refractivity contribution in [3.63, 3.8) is 0 Å². The zero-order valence-electron chi connectivity index (χ0n) is 13.0. The van der Waals surface area contributed by atoms with E-state index in [9.17, 15) is 0 Å². The topological polar surface area (TPSA) is 48.1 Å². The Balaban J connectivity index is 1.78. The first-order valence-electron chi connectivity index (χ1n) is 8.32. The molecular formula is C17H30N4. The zero-order chi connectivity index (χ0) is 14.6. The molecule has 0 unspecified atom stereocenters. The minimum Gasteiger partial charge on any atom is -0.315 e. The highest BCUT2D eigenvalue weighted by Crippen LogP contribution is 2.07. The van der Waals surface area contributed by atoms with Crippen molar-refractivity contribution < 1.29 is 0 Å². The summed E-state index contributed by atoms with van der Waals surface area (Å²) in [6, 6.07) is 10.8. The number of nitrogens with one attached hydrogen (secondary N) is 4. The lowest BCUT2D eigenvalue weighted by molar-refractivity contribution is 0.430. The second kappa shape index (κ2) is 10.7. The highest BCUT2D eigenvalue weighted by atomic mass is 15.0. The second-order valence-corrected chi connectivity index (χ2v) is 5.82. The van der Waals surface area contributed by atoms with Crippen molar-refractivity contribution in [1.82, 2.24) is 21.3 Å². The van der Waals surface area contributed by atoms with E-state index in [-0.39, 0.29) is 0 Å². The predicted molar refractivity (Wildman–Crippen MR) is 89.7 cm³/mol. The number of rotatable bonds is 2. The van der Waals surface area contributed by atoms with Crippen LogP contribution in [0.3, 0.4) is 0 Å². The van der Waals surface area contributed by atoms with Gasteiger partial charge < -0.3 is 21.3 Å². The Morgan fingerprint density at radius 2 is 1.29 bits per heavy atom. The van der Waals surface area contributed by atoms with Gasteiger partial charge >= 0.3 is 0 Å². The summed E-state index contributed by atoms with van der Waals surface area (Å²) < 4.78 is 0. The molecule has 0 saturated carbocycles. The summed E-state index contributed by atoms with van der Waals surface area (Å²) in [5.41, 5.74) is 1.43. The molecule has 1 aromatic rings. The summed E-state index contributed by atoms with van der Waals surface area (Å²) in [4.78, 5) is 0. The van der Waals surface area contributed by atoms with Crippen LogP contribution in [0.15, 0.2) is 30.3 Å². The van der Waals surface area contributed by atoms with E-state index in [1.807, 2.05) is 0 Å². The van der Waals surface area contributed by atoms with Gasteiger partial charge in [-0.15, -0.1) is 0 Å². The van der Waals surface area contributed by atoms with Gasteiger partial charge in [-0.05, 0) is 50.5 Å². The van der Waals surface area contributed by atoms with E-state index < -0.39 is 0 Å². The van der Waals surface area contributed by atoms with Gasteiger partial charge in [-0.2, -0.15) is 0 Å². The van der Waals surface area contributed by atoms with Crippen LogP contribution in [0.25, 0.3) is 0 Å². The van der Waals surface area contributed by atoms with Gasteiger partial charge in [0.05, 0.1) is 0 Å². The monoisotopic (exact) mass is 290 g/mol. The average molecular weight is 290 g/mol. The number of benzene rings is 1. The van der Waals surface area contributed by atoms with Crippen LogP contribution in [0.1, 0.15) is 12.0 Å². The molecule has 0 bridgehead atoms. The van der Waals surface area contributed by atoms with Gasteiger partial charge in [0, 0.05) is 26.2 Å². The molecule has 1 saturated heterocycles. The van der Waals surface area contributed by atoms with Gasteiger partial charge in [0.15, 0.2) is 0 Å². The van der Waals surface area contributed by atoms with Gasteiger partial charge in [-0.3, -0.25) is 0 Å². The highest BCUT2D eigenvalue weighted by molar-refractivity contribution is 5.15. The smallest absolute Gasteiger partial charge is 0.00768 e. The molecule has 4 nitrogen and oxygen atoms in total. The van der Waals surface area contributed by atoms with Gasteiger partial charge in [-0.1, -0.05) is 30.3 Å². The summed E-state index contributed by atoms with van der Waals surface area (Å²) in [5, 5.41) is 14.2. The molecule has 0 aliphatic carbocycles. The summed E-state index contributed by atoms with van der Waals surface area (Å²) in [6.45, 7) is 8.60. The molecule has 0 atom stereocenters. The maximum Gasteiger partial charge on any atom is 0.00768 e. The van der Waals surface area contributed by atoms with Crippen LogP contribution in [0.2, 0.25) is 0 Å². The molecule has 0 spiro atoms. The van der Waals surface area contributed by atoms with Crippen LogP contribution < -0.4 is 21.3 Å². The molecule has 1 heterocycles. The number of hydrogen-bond donors (Lipinski definition) is 4.